The lowest BCUT2D eigenvalue weighted by atomic mass is 9.96. The number of anilines is 1. The Balaban J connectivity index is 1.76. The highest BCUT2D eigenvalue weighted by atomic mass is 15.2. The van der Waals surface area contributed by atoms with E-state index in [1.54, 1.807) is 0 Å². The second-order valence-electron chi connectivity index (χ2n) is 5.23. The van der Waals surface area contributed by atoms with Crippen molar-refractivity contribution in [1.82, 2.24) is 9.55 Å². The second kappa shape index (κ2) is 4.48. The van der Waals surface area contributed by atoms with Crippen molar-refractivity contribution in [3.63, 3.8) is 0 Å². The minimum absolute atomic E-state index is 0.455. The molecule has 1 atom stereocenters. The minimum atomic E-state index is 0.455. The summed E-state index contributed by atoms with van der Waals surface area (Å²) in [7, 11) is 0. The average molecular weight is 241 g/mol. The molecule has 18 heavy (non-hydrogen) atoms. The Kier molecular flexibility index (Phi) is 2.82. The van der Waals surface area contributed by atoms with Gasteiger partial charge in [0, 0.05) is 6.04 Å². The molecule has 2 N–H and O–H groups in total. The van der Waals surface area contributed by atoms with Crippen molar-refractivity contribution in [2.75, 3.05) is 5.73 Å². The van der Waals surface area contributed by atoms with Crippen LogP contribution in [0.15, 0.2) is 36.7 Å². The van der Waals surface area contributed by atoms with E-state index >= 15 is 0 Å². The van der Waals surface area contributed by atoms with Crippen molar-refractivity contribution < 1.29 is 0 Å². The van der Waals surface area contributed by atoms with Crippen molar-refractivity contribution in [2.24, 2.45) is 0 Å². The molecule has 1 fully saturated rings. The molecular weight excluding hydrogens is 222 g/mol. The van der Waals surface area contributed by atoms with E-state index in [0.29, 0.717) is 12.0 Å². The van der Waals surface area contributed by atoms with Gasteiger partial charge in [-0.05, 0) is 30.7 Å². The highest BCUT2D eigenvalue weighted by Crippen LogP contribution is 2.37. The van der Waals surface area contributed by atoms with Gasteiger partial charge in [-0.1, -0.05) is 37.3 Å². The first kappa shape index (κ1) is 11.3. The zero-order valence-corrected chi connectivity index (χ0v) is 10.7. The third-order valence-corrected chi connectivity index (χ3v) is 3.72. The topological polar surface area (TPSA) is 43.8 Å². The second-order valence-corrected chi connectivity index (χ2v) is 5.23. The van der Waals surface area contributed by atoms with E-state index in [4.69, 9.17) is 5.73 Å². The normalized spacial score (nSPS) is 16.7. The van der Waals surface area contributed by atoms with Crippen LogP contribution >= 0.6 is 0 Å². The number of nitrogen functional groups attached to an aromatic ring is 1. The maximum absolute atomic E-state index is 6.17. The van der Waals surface area contributed by atoms with Gasteiger partial charge < -0.3 is 10.3 Å². The maximum Gasteiger partial charge on any atom is 0.126 e. The van der Waals surface area contributed by atoms with E-state index < -0.39 is 0 Å². The lowest BCUT2D eigenvalue weighted by molar-refractivity contribution is 0.738. The van der Waals surface area contributed by atoms with Gasteiger partial charge in [0.25, 0.3) is 0 Å². The highest BCUT2D eigenvalue weighted by Gasteiger charge is 2.26. The van der Waals surface area contributed by atoms with E-state index in [-0.39, 0.29) is 0 Å². The van der Waals surface area contributed by atoms with Crippen LogP contribution in [0.5, 0.6) is 0 Å². The molecule has 0 saturated heterocycles. The predicted octanol–water partition coefficient (Wildman–Crippen LogP) is 3.15. The molecule has 2 aromatic rings. The molecule has 0 amide bonds. The Hall–Kier alpha value is -1.77. The molecule has 0 aliphatic heterocycles. The lowest BCUT2D eigenvalue weighted by Gasteiger charge is -2.11. The number of hydrogen-bond acceptors (Lipinski definition) is 2. The first-order valence-electron chi connectivity index (χ1n) is 6.62. The van der Waals surface area contributed by atoms with Gasteiger partial charge in [-0.25, -0.2) is 4.98 Å². The van der Waals surface area contributed by atoms with E-state index in [9.17, 15) is 0 Å². The number of nitrogens with zero attached hydrogens (tertiary/aromatic N) is 2. The van der Waals surface area contributed by atoms with E-state index in [1.165, 1.54) is 18.4 Å². The smallest absolute Gasteiger partial charge is 0.126 e. The van der Waals surface area contributed by atoms with Gasteiger partial charge in [-0.3, -0.25) is 0 Å². The molecule has 1 aromatic heterocycles. The fraction of sp³-hybridized carbons (Fsp3) is 0.400. The van der Waals surface area contributed by atoms with E-state index in [2.05, 4.69) is 40.7 Å². The average Bonchev–Trinajstić information content (AvgIpc) is 3.17. The van der Waals surface area contributed by atoms with Crippen LogP contribution in [0.4, 0.5) is 5.82 Å². The number of nitrogens with two attached hydrogens (primary N) is 1. The summed E-state index contributed by atoms with van der Waals surface area (Å²) in [5, 5.41) is 0. The Morgan fingerprint density at radius 1 is 1.33 bits per heavy atom. The Bertz CT molecular complexity index is 526. The number of aromatic nitrogens is 2. The first-order valence-corrected chi connectivity index (χ1v) is 6.62. The van der Waals surface area contributed by atoms with Crippen molar-refractivity contribution in [1.29, 1.82) is 0 Å². The molecule has 0 spiro atoms. The van der Waals surface area contributed by atoms with Crippen LogP contribution in [0.25, 0.3) is 0 Å². The van der Waals surface area contributed by atoms with Gasteiger partial charge in [0.1, 0.15) is 5.82 Å². The molecule has 1 aromatic carbocycles. The fourth-order valence-electron chi connectivity index (χ4n) is 2.40. The molecule has 1 unspecified atom stereocenters. The highest BCUT2D eigenvalue weighted by molar-refractivity contribution is 5.38. The minimum Gasteiger partial charge on any atom is -0.384 e. The molecule has 1 heterocycles. The molecule has 1 saturated carbocycles. The summed E-state index contributed by atoms with van der Waals surface area (Å²) in [6.07, 6.45) is 5.30. The van der Waals surface area contributed by atoms with Gasteiger partial charge in [0.05, 0.1) is 12.0 Å². The van der Waals surface area contributed by atoms with Crippen molar-refractivity contribution in [3.8, 4) is 0 Å². The third kappa shape index (κ3) is 2.13. The van der Waals surface area contributed by atoms with Crippen LogP contribution in [0, 0.1) is 0 Å². The quantitative estimate of drug-likeness (QED) is 0.893. The first-order chi connectivity index (χ1) is 8.75. The summed E-state index contributed by atoms with van der Waals surface area (Å²) in [5.41, 5.74) is 8.56. The molecule has 3 rings (SSSR count). The van der Waals surface area contributed by atoms with Crippen LogP contribution < -0.4 is 5.73 Å². The predicted molar refractivity (Wildman–Crippen MR) is 73.5 cm³/mol. The van der Waals surface area contributed by atoms with Crippen LogP contribution in [0.2, 0.25) is 0 Å². The lowest BCUT2D eigenvalue weighted by Crippen LogP contribution is -2.04. The monoisotopic (exact) mass is 241 g/mol. The van der Waals surface area contributed by atoms with Crippen molar-refractivity contribution >= 4 is 5.82 Å². The Morgan fingerprint density at radius 2 is 2.06 bits per heavy atom. The van der Waals surface area contributed by atoms with Gasteiger partial charge >= 0.3 is 0 Å². The van der Waals surface area contributed by atoms with Crippen LogP contribution in [0.1, 0.15) is 43.0 Å². The summed E-state index contributed by atoms with van der Waals surface area (Å²) in [6.45, 7) is 2.23. The van der Waals surface area contributed by atoms with E-state index in [1.807, 2.05) is 12.4 Å². The summed E-state index contributed by atoms with van der Waals surface area (Å²) in [4.78, 5) is 4.48. The summed E-state index contributed by atoms with van der Waals surface area (Å²) < 4.78 is 2.13. The Labute approximate surface area is 108 Å². The van der Waals surface area contributed by atoms with Gasteiger partial charge in [-0.2, -0.15) is 0 Å². The molecule has 94 valence electrons. The third-order valence-electron chi connectivity index (χ3n) is 3.72. The summed E-state index contributed by atoms with van der Waals surface area (Å²) in [5.74, 6) is 1.32. The summed E-state index contributed by atoms with van der Waals surface area (Å²) in [6, 6.07) is 11.2. The zero-order valence-electron chi connectivity index (χ0n) is 10.7. The van der Waals surface area contributed by atoms with Gasteiger partial charge in [0.2, 0.25) is 0 Å². The standard InChI is InChI=1S/C15H19N3/c1-11(12-5-3-2-4-6-12)9-14-15(16)18(10-17-14)13-7-8-13/h2-6,10-11,13H,7-9,16H2,1H3. The van der Waals surface area contributed by atoms with Crippen molar-refractivity contribution in [2.45, 2.75) is 38.1 Å². The number of rotatable bonds is 4. The van der Waals surface area contributed by atoms with Gasteiger partial charge in [0.15, 0.2) is 0 Å². The molecular formula is C15H19N3. The zero-order chi connectivity index (χ0) is 12.5. The van der Waals surface area contributed by atoms with Crippen LogP contribution in [0.3, 0.4) is 0 Å². The van der Waals surface area contributed by atoms with Gasteiger partial charge in [-0.15, -0.1) is 0 Å². The summed E-state index contributed by atoms with van der Waals surface area (Å²) >= 11 is 0. The molecule has 3 heteroatoms. The number of hydrogen-bond donors (Lipinski definition) is 1. The SMILES string of the molecule is CC(Cc1ncn(C2CC2)c1N)c1ccccc1. The molecule has 1 aliphatic carbocycles. The van der Waals surface area contributed by atoms with Crippen molar-refractivity contribution in [3.05, 3.63) is 47.9 Å². The Morgan fingerprint density at radius 3 is 2.72 bits per heavy atom. The molecule has 0 radical (unpaired) electrons. The van der Waals surface area contributed by atoms with Crippen LogP contribution in [-0.4, -0.2) is 9.55 Å². The van der Waals surface area contributed by atoms with Crippen LogP contribution in [-0.2, 0) is 6.42 Å². The largest absolute Gasteiger partial charge is 0.384 e. The maximum atomic E-state index is 6.17. The molecule has 0 bridgehead atoms. The van der Waals surface area contributed by atoms with E-state index in [0.717, 1.165) is 17.9 Å². The fourth-order valence-corrected chi connectivity index (χ4v) is 2.40. The number of imidazole rings is 1. The number of benzene rings is 1. The molecule has 1 aliphatic rings. The molecule has 3 nitrogen and oxygen atoms in total.